The summed E-state index contributed by atoms with van der Waals surface area (Å²) in [6, 6.07) is 18.9. The Bertz CT molecular complexity index is 2830. The monoisotopic (exact) mass is 860 g/mol. The third-order valence-electron chi connectivity index (χ3n) is 9.47. The van der Waals surface area contributed by atoms with E-state index in [4.69, 9.17) is 54.3 Å². The first kappa shape index (κ1) is 43.6. The van der Waals surface area contributed by atoms with Crippen LogP contribution in [0.2, 0.25) is 10.0 Å². The first-order chi connectivity index (χ1) is 29.1. The second kappa shape index (κ2) is 19.4. The molecule has 0 bridgehead atoms. The van der Waals surface area contributed by atoms with Gasteiger partial charge in [-0.05, 0) is 110 Å². The number of carbonyl (C=O) groups is 2. The van der Waals surface area contributed by atoms with E-state index in [1.807, 2.05) is 82.3 Å². The average Bonchev–Trinajstić information content (AvgIpc) is 3.88. The van der Waals surface area contributed by atoms with Crippen molar-refractivity contribution in [1.82, 2.24) is 35.2 Å². The lowest BCUT2D eigenvalue weighted by molar-refractivity contribution is 0.0690. The van der Waals surface area contributed by atoms with Crippen molar-refractivity contribution < 1.29 is 23.5 Å². The number of hydrogen-bond acceptors (Lipinski definition) is 13. The molecule has 6 heterocycles. The summed E-state index contributed by atoms with van der Waals surface area (Å²) in [5, 5.41) is 14.7. The molecule has 0 aliphatic heterocycles. The summed E-state index contributed by atoms with van der Waals surface area (Å²) in [7, 11) is 0. The summed E-state index contributed by atoms with van der Waals surface area (Å²) in [5.74, 6) is 0.433. The molecule has 1 amide bonds. The zero-order chi connectivity index (χ0) is 43.8. The number of nitrogens with zero attached hydrogens (tertiary/aromatic N) is 6. The lowest BCUT2D eigenvalue weighted by atomic mass is 10.1. The molecule has 0 spiro atoms. The molecule has 0 saturated carbocycles. The van der Waals surface area contributed by atoms with Crippen molar-refractivity contribution >= 4 is 68.5 Å². The molecule has 6 aromatic heterocycles. The van der Waals surface area contributed by atoms with Gasteiger partial charge < -0.3 is 36.5 Å². The van der Waals surface area contributed by atoms with Gasteiger partial charge in [-0.25, -0.2) is 24.7 Å². The number of carboxylic acid groups (broad SMARTS) is 1. The van der Waals surface area contributed by atoms with Gasteiger partial charge in [0.25, 0.3) is 5.91 Å². The predicted octanol–water partition coefficient (Wildman–Crippen LogP) is 7.90. The van der Waals surface area contributed by atoms with Gasteiger partial charge >= 0.3 is 5.97 Å². The Hall–Kier alpha value is -6.94. The normalized spacial score (nSPS) is 10.8. The molecule has 0 radical (unpaired) electrons. The molecular formula is C44H42Cl2N10O5. The van der Waals surface area contributed by atoms with Crippen LogP contribution in [0.4, 0.5) is 11.6 Å². The number of rotatable bonds is 9. The highest BCUT2D eigenvalue weighted by atomic mass is 35.5. The lowest BCUT2D eigenvalue weighted by Crippen LogP contribution is -2.24. The Balaban J connectivity index is 0.000000172. The minimum absolute atomic E-state index is 0.0921. The molecule has 312 valence electrons. The molecular weight excluding hydrogens is 819 g/mol. The van der Waals surface area contributed by atoms with E-state index >= 15 is 0 Å². The Kier molecular flexibility index (Phi) is 13.9. The van der Waals surface area contributed by atoms with Crippen LogP contribution in [0.25, 0.3) is 21.8 Å². The average molecular weight is 862 g/mol. The Morgan fingerprint density at radius 1 is 0.672 bits per heavy atom. The number of carbonyl (C=O) groups excluding carboxylic acids is 1. The highest BCUT2D eigenvalue weighted by Crippen LogP contribution is 2.22. The van der Waals surface area contributed by atoms with Crippen LogP contribution in [0.1, 0.15) is 77.5 Å². The summed E-state index contributed by atoms with van der Waals surface area (Å²) < 4.78 is 10.6. The second-order valence-electron chi connectivity index (χ2n) is 14.0. The quantitative estimate of drug-likeness (QED) is 0.0926. The van der Waals surface area contributed by atoms with Gasteiger partial charge in [-0.2, -0.15) is 0 Å². The molecule has 0 aliphatic rings. The maximum Gasteiger partial charge on any atom is 0.357 e. The van der Waals surface area contributed by atoms with Crippen LogP contribution in [-0.4, -0.2) is 46.9 Å². The second-order valence-corrected chi connectivity index (χ2v) is 14.9. The number of aryl methyl sites for hydroxylation is 4. The van der Waals surface area contributed by atoms with Crippen LogP contribution in [0.3, 0.4) is 0 Å². The molecule has 0 aliphatic carbocycles. The molecule has 0 fully saturated rings. The van der Waals surface area contributed by atoms with Crippen LogP contribution in [0, 0.1) is 27.7 Å². The van der Waals surface area contributed by atoms with E-state index in [9.17, 15) is 9.59 Å². The van der Waals surface area contributed by atoms with Crippen molar-refractivity contribution in [2.24, 2.45) is 5.73 Å². The van der Waals surface area contributed by atoms with Crippen LogP contribution < -0.4 is 22.5 Å². The topological polar surface area (TPSA) is 248 Å². The minimum atomic E-state index is -1.10. The number of nitrogens with two attached hydrogens (primary N) is 3. The van der Waals surface area contributed by atoms with Gasteiger partial charge in [0.1, 0.15) is 24.2 Å². The molecule has 8 rings (SSSR count). The molecule has 0 atom stereocenters. The molecule has 0 unspecified atom stereocenters. The minimum Gasteiger partial charge on any atom is -0.476 e. The number of aromatic carboxylic acids is 1. The number of amides is 1. The number of carboxylic acids is 1. The van der Waals surface area contributed by atoms with Gasteiger partial charge in [0.2, 0.25) is 0 Å². The van der Waals surface area contributed by atoms with Crippen LogP contribution in [0.15, 0.2) is 94.4 Å². The molecule has 17 heteroatoms. The number of anilines is 2. The summed E-state index contributed by atoms with van der Waals surface area (Å²) in [4.78, 5) is 48.3. The Morgan fingerprint density at radius 3 is 1.61 bits per heavy atom. The number of nitrogen functional groups attached to an aromatic ring is 2. The smallest absolute Gasteiger partial charge is 0.357 e. The summed E-state index contributed by atoms with van der Waals surface area (Å²) in [6.45, 7) is 8.59. The third kappa shape index (κ3) is 11.4. The zero-order valence-electron chi connectivity index (χ0n) is 33.7. The SMILES string of the molecule is Cc1cc(N)nc(C)c1CN.Cc1cc(N)nc(C)c1CNC(=O)c1coc(Cc2ccc3ncc(Cl)cc3c2)n1.O=C(O)c1coc(Cc2ccc3ncc(Cl)cc3c2)n1. The van der Waals surface area contributed by atoms with Crippen molar-refractivity contribution in [2.75, 3.05) is 11.5 Å². The molecule has 8 aromatic rings. The maximum atomic E-state index is 12.5. The molecule has 2 aromatic carbocycles. The van der Waals surface area contributed by atoms with Gasteiger partial charge in [0, 0.05) is 60.5 Å². The van der Waals surface area contributed by atoms with Crippen LogP contribution in [0.5, 0.6) is 0 Å². The van der Waals surface area contributed by atoms with E-state index in [0.29, 0.717) is 59.4 Å². The number of nitrogens with one attached hydrogen (secondary N) is 1. The zero-order valence-corrected chi connectivity index (χ0v) is 35.2. The van der Waals surface area contributed by atoms with Gasteiger partial charge in [-0.15, -0.1) is 0 Å². The van der Waals surface area contributed by atoms with Gasteiger partial charge in [0.15, 0.2) is 23.2 Å². The summed E-state index contributed by atoms with van der Waals surface area (Å²) >= 11 is 11.9. The van der Waals surface area contributed by atoms with Crippen molar-refractivity contribution in [3.8, 4) is 0 Å². The largest absolute Gasteiger partial charge is 0.476 e. The maximum absolute atomic E-state index is 12.5. The van der Waals surface area contributed by atoms with Crippen LogP contribution in [-0.2, 0) is 25.9 Å². The molecule has 61 heavy (non-hydrogen) atoms. The van der Waals surface area contributed by atoms with E-state index in [-0.39, 0.29) is 17.3 Å². The van der Waals surface area contributed by atoms with Gasteiger partial charge in [-0.1, -0.05) is 35.3 Å². The molecule has 0 saturated heterocycles. The highest BCUT2D eigenvalue weighted by molar-refractivity contribution is 6.31. The Morgan fingerprint density at radius 2 is 1.15 bits per heavy atom. The summed E-state index contributed by atoms with van der Waals surface area (Å²) in [6.07, 6.45) is 6.58. The fourth-order valence-electron chi connectivity index (χ4n) is 6.47. The number of halogens is 2. The third-order valence-corrected chi connectivity index (χ3v) is 9.88. The van der Waals surface area contributed by atoms with Crippen molar-refractivity contribution in [2.45, 2.75) is 53.6 Å². The van der Waals surface area contributed by atoms with E-state index in [1.165, 1.54) is 6.26 Å². The predicted molar refractivity (Wildman–Crippen MR) is 234 cm³/mol. The standard InChI is InChI=1S/C22H20ClN5O2.C14H9ClN2O3.C8H13N3/c1-12-5-20(24)27-13(2)17(12)10-26-22(29)19-11-30-21(28-19)7-14-3-4-18-15(6-14)8-16(23)9-25-18;15-10-5-9-3-8(1-2-11(9)16-6-10)4-13-17-12(7-20-13)14(18)19;1-5-3-8(10)11-6(2)7(5)4-9/h3-6,8-9,11H,7,10H2,1-2H3,(H2,24,27)(H,26,29);1-3,5-7H,4H2,(H,18,19);3H,4,9H2,1-2H3,(H2,10,11). The van der Waals surface area contributed by atoms with Crippen molar-refractivity contribution in [1.29, 1.82) is 0 Å². The number of fused-ring (bicyclic) bond motifs is 2. The van der Waals surface area contributed by atoms with E-state index in [0.717, 1.165) is 72.8 Å². The van der Waals surface area contributed by atoms with Crippen molar-refractivity contribution in [3.63, 3.8) is 0 Å². The Labute approximate surface area is 360 Å². The first-order valence-corrected chi connectivity index (χ1v) is 19.5. The fraction of sp³-hybridized carbons (Fsp3) is 0.182. The van der Waals surface area contributed by atoms with Gasteiger partial charge in [-0.3, -0.25) is 14.8 Å². The van der Waals surface area contributed by atoms with E-state index < -0.39 is 5.97 Å². The highest BCUT2D eigenvalue weighted by Gasteiger charge is 2.15. The fourth-order valence-corrected chi connectivity index (χ4v) is 6.81. The number of benzene rings is 2. The number of pyridine rings is 4. The summed E-state index contributed by atoms with van der Waals surface area (Å²) in [5.41, 5.74) is 26.4. The van der Waals surface area contributed by atoms with E-state index in [1.54, 1.807) is 18.5 Å². The first-order valence-electron chi connectivity index (χ1n) is 18.8. The number of oxazole rings is 2. The van der Waals surface area contributed by atoms with Crippen molar-refractivity contribution in [3.05, 3.63) is 164 Å². The number of aromatic nitrogens is 6. The number of hydrogen-bond donors (Lipinski definition) is 5. The lowest BCUT2D eigenvalue weighted by Gasteiger charge is -2.10. The van der Waals surface area contributed by atoms with E-state index in [2.05, 4.69) is 35.2 Å². The van der Waals surface area contributed by atoms with Crippen LogP contribution >= 0.6 is 23.2 Å². The van der Waals surface area contributed by atoms with Gasteiger partial charge in [0.05, 0.1) is 21.1 Å². The molecule has 8 N–H and O–H groups in total. The molecule has 15 nitrogen and oxygen atoms in total.